The number of carbonyl (C=O) groups excluding carboxylic acids is 1. The largest absolute Gasteiger partial charge is 0.311 e. The third-order valence-corrected chi connectivity index (χ3v) is 4.28. The molecule has 5 nitrogen and oxygen atoms in total. The van der Waals surface area contributed by atoms with Gasteiger partial charge in [-0.05, 0) is 43.2 Å². The summed E-state index contributed by atoms with van der Waals surface area (Å²) in [5.74, 6) is 0.184. The molecular weight excluding hydrogens is 308 g/mol. The second-order valence-corrected chi connectivity index (χ2v) is 5.98. The summed E-state index contributed by atoms with van der Waals surface area (Å²) in [5.41, 5.74) is 3.12. The standard InChI is InChI=1S/C17H18N4OS/c1-13-5-6-15(11-14(13)2)21(10-3-7-18)16(22)12-23-17-19-8-4-9-20-17/h4-6,8-9,11H,3,10,12H2,1-2H3. The van der Waals surface area contributed by atoms with Gasteiger partial charge < -0.3 is 4.90 Å². The van der Waals surface area contributed by atoms with E-state index in [1.807, 2.05) is 32.0 Å². The molecule has 0 spiro atoms. The maximum Gasteiger partial charge on any atom is 0.237 e. The van der Waals surface area contributed by atoms with Crippen LogP contribution in [0.4, 0.5) is 5.69 Å². The van der Waals surface area contributed by atoms with Crippen LogP contribution in [0.5, 0.6) is 0 Å². The van der Waals surface area contributed by atoms with Gasteiger partial charge in [0.1, 0.15) is 0 Å². The minimum Gasteiger partial charge on any atom is -0.311 e. The van der Waals surface area contributed by atoms with Crippen LogP contribution in [0.1, 0.15) is 17.5 Å². The Bertz CT molecular complexity index is 712. The second-order valence-electron chi connectivity index (χ2n) is 5.04. The van der Waals surface area contributed by atoms with E-state index in [4.69, 9.17) is 5.26 Å². The third-order valence-electron chi connectivity index (χ3n) is 3.42. The van der Waals surface area contributed by atoms with E-state index in [0.29, 0.717) is 18.1 Å². The number of amides is 1. The Morgan fingerprint density at radius 3 is 2.65 bits per heavy atom. The van der Waals surface area contributed by atoms with E-state index < -0.39 is 0 Å². The van der Waals surface area contributed by atoms with Crippen molar-refractivity contribution in [3.8, 4) is 6.07 Å². The monoisotopic (exact) mass is 326 g/mol. The summed E-state index contributed by atoms with van der Waals surface area (Å²) in [6, 6.07) is 9.72. The van der Waals surface area contributed by atoms with Crippen molar-refractivity contribution in [2.75, 3.05) is 17.2 Å². The Morgan fingerprint density at radius 2 is 2.00 bits per heavy atom. The minimum atomic E-state index is -0.0547. The van der Waals surface area contributed by atoms with Crippen LogP contribution in [0.25, 0.3) is 0 Å². The van der Waals surface area contributed by atoms with Crippen molar-refractivity contribution in [3.05, 3.63) is 47.8 Å². The van der Waals surface area contributed by atoms with Gasteiger partial charge in [-0.2, -0.15) is 5.26 Å². The molecule has 0 saturated carbocycles. The highest BCUT2D eigenvalue weighted by molar-refractivity contribution is 7.99. The molecule has 0 bridgehead atoms. The molecule has 0 fully saturated rings. The molecule has 0 aliphatic carbocycles. The van der Waals surface area contributed by atoms with Crippen molar-refractivity contribution in [1.29, 1.82) is 5.26 Å². The van der Waals surface area contributed by atoms with Crippen LogP contribution >= 0.6 is 11.8 Å². The van der Waals surface area contributed by atoms with Gasteiger partial charge in [0.2, 0.25) is 5.91 Å². The third kappa shape index (κ3) is 4.80. The first-order valence-electron chi connectivity index (χ1n) is 7.26. The molecule has 0 saturated heterocycles. The summed E-state index contributed by atoms with van der Waals surface area (Å²) in [6.45, 7) is 4.43. The first-order chi connectivity index (χ1) is 11.1. The fourth-order valence-corrected chi connectivity index (χ4v) is 2.70. The van der Waals surface area contributed by atoms with E-state index in [1.165, 1.54) is 17.3 Å². The second kappa shape index (κ2) is 8.30. The number of anilines is 1. The maximum absolute atomic E-state index is 12.6. The average Bonchev–Trinajstić information content (AvgIpc) is 2.57. The van der Waals surface area contributed by atoms with E-state index >= 15 is 0 Å². The van der Waals surface area contributed by atoms with Crippen molar-refractivity contribution in [1.82, 2.24) is 9.97 Å². The predicted octanol–water partition coefficient (Wildman–Crippen LogP) is 3.13. The molecule has 0 unspecified atom stereocenters. The predicted molar refractivity (Wildman–Crippen MR) is 91.3 cm³/mol. The molecule has 1 amide bonds. The van der Waals surface area contributed by atoms with Crippen LogP contribution < -0.4 is 4.90 Å². The molecule has 1 heterocycles. The number of aryl methyl sites for hydroxylation is 2. The van der Waals surface area contributed by atoms with Gasteiger partial charge in [0, 0.05) is 24.6 Å². The normalized spacial score (nSPS) is 10.1. The summed E-state index contributed by atoms with van der Waals surface area (Å²) in [4.78, 5) is 22.4. The Labute approximate surface area is 140 Å². The molecule has 23 heavy (non-hydrogen) atoms. The highest BCUT2D eigenvalue weighted by Gasteiger charge is 2.16. The lowest BCUT2D eigenvalue weighted by Gasteiger charge is -2.22. The Morgan fingerprint density at radius 1 is 1.26 bits per heavy atom. The Kier molecular flexibility index (Phi) is 6.12. The number of carbonyl (C=O) groups is 1. The number of nitriles is 1. The summed E-state index contributed by atoms with van der Waals surface area (Å²) in [7, 11) is 0. The topological polar surface area (TPSA) is 69.9 Å². The van der Waals surface area contributed by atoms with Crippen molar-refractivity contribution in [3.63, 3.8) is 0 Å². The zero-order valence-electron chi connectivity index (χ0n) is 13.2. The van der Waals surface area contributed by atoms with Crippen molar-refractivity contribution < 1.29 is 4.79 Å². The molecule has 0 atom stereocenters. The van der Waals surface area contributed by atoms with Gasteiger partial charge >= 0.3 is 0 Å². The van der Waals surface area contributed by atoms with Crippen LogP contribution in [0.15, 0.2) is 41.8 Å². The van der Waals surface area contributed by atoms with Crippen LogP contribution in [-0.2, 0) is 4.79 Å². The Hall–Kier alpha value is -2.39. The van der Waals surface area contributed by atoms with Gasteiger partial charge in [-0.1, -0.05) is 17.8 Å². The maximum atomic E-state index is 12.6. The fraction of sp³-hybridized carbons (Fsp3) is 0.294. The average molecular weight is 326 g/mol. The molecule has 0 N–H and O–H groups in total. The quantitative estimate of drug-likeness (QED) is 0.602. The minimum absolute atomic E-state index is 0.0547. The van der Waals surface area contributed by atoms with Crippen LogP contribution in [0.3, 0.4) is 0 Å². The molecule has 6 heteroatoms. The lowest BCUT2D eigenvalue weighted by molar-refractivity contribution is -0.116. The van der Waals surface area contributed by atoms with Gasteiger partial charge in [-0.3, -0.25) is 4.79 Å². The van der Waals surface area contributed by atoms with E-state index in [1.54, 1.807) is 23.4 Å². The SMILES string of the molecule is Cc1ccc(N(CCC#N)C(=O)CSc2ncccn2)cc1C. The molecule has 2 aromatic rings. The molecular formula is C17H18N4OS. The molecule has 118 valence electrons. The highest BCUT2D eigenvalue weighted by Crippen LogP contribution is 2.21. The van der Waals surface area contributed by atoms with Gasteiger partial charge in [-0.15, -0.1) is 0 Å². The Balaban J connectivity index is 2.12. The van der Waals surface area contributed by atoms with Gasteiger partial charge in [-0.25, -0.2) is 9.97 Å². The van der Waals surface area contributed by atoms with E-state index in [2.05, 4.69) is 16.0 Å². The number of hydrogen-bond acceptors (Lipinski definition) is 5. The number of hydrogen-bond donors (Lipinski definition) is 0. The summed E-state index contributed by atoms with van der Waals surface area (Å²) in [6.07, 6.45) is 3.60. The molecule has 1 aromatic heterocycles. The molecule has 0 radical (unpaired) electrons. The molecule has 0 aliphatic rings. The zero-order valence-corrected chi connectivity index (χ0v) is 14.0. The van der Waals surface area contributed by atoms with Gasteiger partial charge in [0.05, 0.1) is 18.2 Å². The first kappa shape index (κ1) is 17.0. The number of benzene rings is 1. The highest BCUT2D eigenvalue weighted by atomic mass is 32.2. The van der Waals surface area contributed by atoms with E-state index in [0.717, 1.165) is 11.3 Å². The van der Waals surface area contributed by atoms with E-state index in [-0.39, 0.29) is 11.7 Å². The fourth-order valence-electron chi connectivity index (χ4n) is 2.02. The van der Waals surface area contributed by atoms with Gasteiger partial charge in [0.25, 0.3) is 0 Å². The molecule has 0 aliphatic heterocycles. The number of nitrogens with zero attached hydrogens (tertiary/aromatic N) is 4. The molecule has 1 aromatic carbocycles. The number of rotatable bonds is 6. The van der Waals surface area contributed by atoms with Crippen molar-refractivity contribution in [2.24, 2.45) is 0 Å². The lowest BCUT2D eigenvalue weighted by Crippen LogP contribution is -2.33. The van der Waals surface area contributed by atoms with Crippen molar-refractivity contribution >= 4 is 23.4 Å². The van der Waals surface area contributed by atoms with Crippen LogP contribution in [0.2, 0.25) is 0 Å². The van der Waals surface area contributed by atoms with Crippen molar-refractivity contribution in [2.45, 2.75) is 25.4 Å². The lowest BCUT2D eigenvalue weighted by atomic mass is 10.1. The van der Waals surface area contributed by atoms with E-state index in [9.17, 15) is 4.79 Å². The number of aromatic nitrogens is 2. The van der Waals surface area contributed by atoms with Gasteiger partial charge in [0.15, 0.2) is 5.16 Å². The number of thioether (sulfide) groups is 1. The van der Waals surface area contributed by atoms with Crippen LogP contribution in [-0.4, -0.2) is 28.2 Å². The van der Waals surface area contributed by atoms with Crippen LogP contribution in [0, 0.1) is 25.2 Å². The summed E-state index contributed by atoms with van der Waals surface area (Å²) < 4.78 is 0. The summed E-state index contributed by atoms with van der Waals surface area (Å²) >= 11 is 1.30. The summed E-state index contributed by atoms with van der Waals surface area (Å²) in [5, 5.41) is 9.41. The first-order valence-corrected chi connectivity index (χ1v) is 8.24. The zero-order chi connectivity index (χ0) is 16.7. The smallest absolute Gasteiger partial charge is 0.237 e. The molecule has 2 rings (SSSR count).